The van der Waals surface area contributed by atoms with E-state index in [9.17, 15) is 9.50 Å². The highest BCUT2D eigenvalue weighted by atomic mass is 19.1. The van der Waals surface area contributed by atoms with E-state index in [4.69, 9.17) is 10.9 Å². The van der Waals surface area contributed by atoms with Crippen LogP contribution in [0.4, 0.5) is 4.39 Å². The summed E-state index contributed by atoms with van der Waals surface area (Å²) in [5, 5.41) is 21.7. The van der Waals surface area contributed by atoms with E-state index in [1.54, 1.807) is 6.07 Å². The third kappa shape index (κ3) is 4.41. The number of hydrogen-bond acceptors (Lipinski definition) is 4. The second-order valence-corrected chi connectivity index (χ2v) is 5.96. The maximum absolute atomic E-state index is 13.6. The van der Waals surface area contributed by atoms with Crippen LogP contribution in [0.5, 0.6) is 0 Å². The molecule has 4 N–H and O–H groups in total. The van der Waals surface area contributed by atoms with Crippen LogP contribution in [-0.4, -0.2) is 39.7 Å². The van der Waals surface area contributed by atoms with Gasteiger partial charge in [-0.3, -0.25) is 4.90 Å². The second kappa shape index (κ2) is 6.41. The lowest BCUT2D eigenvalue weighted by Gasteiger charge is -2.22. The Labute approximate surface area is 123 Å². The van der Waals surface area contributed by atoms with Crippen molar-refractivity contribution >= 4 is 5.84 Å². The fourth-order valence-corrected chi connectivity index (χ4v) is 2.68. The third-order valence-electron chi connectivity index (χ3n) is 3.92. The van der Waals surface area contributed by atoms with Gasteiger partial charge in [0.05, 0.1) is 5.60 Å². The number of oxime groups is 1. The third-order valence-corrected chi connectivity index (χ3v) is 3.92. The molecule has 116 valence electrons. The van der Waals surface area contributed by atoms with Gasteiger partial charge in [0.1, 0.15) is 5.82 Å². The normalized spacial score (nSPS) is 24.8. The molecule has 5 nitrogen and oxygen atoms in total. The van der Waals surface area contributed by atoms with E-state index in [2.05, 4.69) is 10.1 Å². The summed E-state index contributed by atoms with van der Waals surface area (Å²) in [5.74, 6) is -0.509. The monoisotopic (exact) mass is 295 g/mol. The van der Waals surface area contributed by atoms with Crippen LogP contribution < -0.4 is 5.73 Å². The van der Waals surface area contributed by atoms with Crippen molar-refractivity contribution in [1.82, 2.24) is 4.90 Å². The summed E-state index contributed by atoms with van der Waals surface area (Å²) < 4.78 is 13.6. The first-order valence-electron chi connectivity index (χ1n) is 7.12. The molecule has 1 fully saturated rings. The van der Waals surface area contributed by atoms with Crippen molar-refractivity contribution < 1.29 is 14.7 Å². The van der Waals surface area contributed by atoms with Gasteiger partial charge in [0.25, 0.3) is 0 Å². The van der Waals surface area contributed by atoms with Gasteiger partial charge in [-0.1, -0.05) is 5.16 Å². The number of nitrogens with two attached hydrogens (primary N) is 1. The van der Waals surface area contributed by atoms with Crippen molar-refractivity contribution in [2.75, 3.05) is 13.1 Å². The Morgan fingerprint density at radius 2 is 2.14 bits per heavy atom. The zero-order valence-electron chi connectivity index (χ0n) is 12.2. The SMILES string of the molecule is CC1(O)CCCN(Cc2cc(F)cc(/C(N)=N/O)c2)CC1. The van der Waals surface area contributed by atoms with E-state index < -0.39 is 11.4 Å². The first-order chi connectivity index (χ1) is 9.89. The molecule has 21 heavy (non-hydrogen) atoms. The molecule has 0 saturated carbocycles. The molecule has 1 saturated heterocycles. The van der Waals surface area contributed by atoms with E-state index >= 15 is 0 Å². The standard InChI is InChI=1S/C15H22FN3O2/c1-15(20)3-2-5-19(6-4-15)10-11-7-12(14(17)18-21)9-13(16)8-11/h7-9,20-21H,2-6,10H2,1H3,(H2,17,18). The van der Waals surface area contributed by atoms with Crippen LogP contribution in [0.15, 0.2) is 23.4 Å². The van der Waals surface area contributed by atoms with Crippen molar-refractivity contribution in [3.8, 4) is 0 Å². The molecule has 1 aliphatic heterocycles. The van der Waals surface area contributed by atoms with E-state index in [1.165, 1.54) is 12.1 Å². The molecular weight excluding hydrogens is 273 g/mol. The van der Waals surface area contributed by atoms with Crippen molar-refractivity contribution in [1.29, 1.82) is 0 Å². The van der Waals surface area contributed by atoms with Crippen molar-refractivity contribution in [3.05, 3.63) is 35.1 Å². The number of hydrogen-bond donors (Lipinski definition) is 3. The molecule has 1 aliphatic rings. The minimum absolute atomic E-state index is 0.102. The summed E-state index contributed by atoms with van der Waals surface area (Å²) in [5.41, 5.74) is 6.04. The van der Waals surface area contributed by atoms with Crippen LogP contribution in [0.1, 0.15) is 37.3 Å². The fraction of sp³-hybridized carbons (Fsp3) is 0.533. The highest BCUT2D eigenvalue weighted by Crippen LogP contribution is 2.22. The minimum Gasteiger partial charge on any atom is -0.409 e. The molecule has 1 aromatic rings. The Morgan fingerprint density at radius 3 is 2.86 bits per heavy atom. The predicted octanol–water partition coefficient (Wildman–Crippen LogP) is 1.66. The lowest BCUT2D eigenvalue weighted by molar-refractivity contribution is 0.0444. The molecule has 1 heterocycles. The van der Waals surface area contributed by atoms with Gasteiger partial charge >= 0.3 is 0 Å². The molecule has 0 amide bonds. The highest BCUT2D eigenvalue weighted by Gasteiger charge is 2.24. The van der Waals surface area contributed by atoms with E-state index in [0.717, 1.165) is 31.5 Å². The van der Waals surface area contributed by atoms with Crippen LogP contribution in [0, 0.1) is 5.82 Å². The number of amidine groups is 1. The molecule has 1 aromatic carbocycles. The van der Waals surface area contributed by atoms with E-state index in [-0.39, 0.29) is 5.84 Å². The lowest BCUT2D eigenvalue weighted by atomic mass is 9.98. The Bertz CT molecular complexity index is 532. The Hall–Kier alpha value is -1.66. The number of aliphatic hydroxyl groups is 1. The molecule has 0 aromatic heterocycles. The van der Waals surface area contributed by atoms with Crippen LogP contribution in [0.3, 0.4) is 0 Å². The Morgan fingerprint density at radius 1 is 1.38 bits per heavy atom. The molecule has 1 atom stereocenters. The quantitative estimate of drug-likeness (QED) is 0.343. The van der Waals surface area contributed by atoms with Gasteiger partial charge < -0.3 is 16.0 Å². The van der Waals surface area contributed by atoms with Gasteiger partial charge in [-0.25, -0.2) is 4.39 Å². The van der Waals surface area contributed by atoms with Gasteiger partial charge in [-0.2, -0.15) is 0 Å². The first kappa shape index (κ1) is 15.7. The van der Waals surface area contributed by atoms with Crippen LogP contribution in [0.25, 0.3) is 0 Å². The number of nitrogens with zero attached hydrogens (tertiary/aromatic N) is 2. The molecule has 6 heteroatoms. The van der Waals surface area contributed by atoms with Crippen LogP contribution in [0.2, 0.25) is 0 Å². The zero-order valence-corrected chi connectivity index (χ0v) is 12.2. The van der Waals surface area contributed by atoms with E-state index in [0.29, 0.717) is 18.5 Å². The minimum atomic E-state index is -0.615. The summed E-state index contributed by atoms with van der Waals surface area (Å²) >= 11 is 0. The van der Waals surface area contributed by atoms with Gasteiger partial charge in [-0.05, 0) is 56.5 Å². The van der Waals surface area contributed by atoms with Crippen molar-refractivity contribution in [2.45, 2.75) is 38.3 Å². The van der Waals surface area contributed by atoms with Gasteiger partial charge in [0, 0.05) is 18.7 Å². The number of benzene rings is 1. The Balaban J connectivity index is 2.10. The van der Waals surface area contributed by atoms with Gasteiger partial charge in [0.15, 0.2) is 5.84 Å². The number of halogens is 1. The molecule has 0 bridgehead atoms. The zero-order chi connectivity index (χ0) is 15.5. The molecular formula is C15H22FN3O2. The fourth-order valence-electron chi connectivity index (χ4n) is 2.68. The van der Waals surface area contributed by atoms with E-state index in [1.807, 2.05) is 6.92 Å². The molecule has 0 spiro atoms. The van der Waals surface area contributed by atoms with Gasteiger partial charge in [-0.15, -0.1) is 0 Å². The summed E-state index contributed by atoms with van der Waals surface area (Å²) in [6.45, 7) is 4.07. The summed E-state index contributed by atoms with van der Waals surface area (Å²) in [7, 11) is 0. The number of rotatable bonds is 3. The predicted molar refractivity (Wildman–Crippen MR) is 78.7 cm³/mol. The lowest BCUT2D eigenvalue weighted by Crippen LogP contribution is -2.28. The Kier molecular flexibility index (Phi) is 4.80. The maximum atomic E-state index is 13.6. The summed E-state index contributed by atoms with van der Waals surface area (Å²) in [6, 6.07) is 4.42. The topological polar surface area (TPSA) is 82.1 Å². The van der Waals surface area contributed by atoms with Gasteiger partial charge in [0.2, 0.25) is 0 Å². The molecule has 1 unspecified atom stereocenters. The second-order valence-electron chi connectivity index (χ2n) is 5.96. The maximum Gasteiger partial charge on any atom is 0.170 e. The average Bonchev–Trinajstić information content (AvgIpc) is 2.58. The molecule has 0 aliphatic carbocycles. The van der Waals surface area contributed by atoms with Crippen LogP contribution >= 0.6 is 0 Å². The largest absolute Gasteiger partial charge is 0.409 e. The first-order valence-corrected chi connectivity index (χ1v) is 7.12. The van der Waals surface area contributed by atoms with Crippen molar-refractivity contribution in [3.63, 3.8) is 0 Å². The summed E-state index contributed by atoms with van der Waals surface area (Å²) in [6.07, 6.45) is 2.40. The molecule has 2 rings (SSSR count). The summed E-state index contributed by atoms with van der Waals surface area (Å²) in [4.78, 5) is 2.19. The molecule has 0 radical (unpaired) electrons. The highest BCUT2D eigenvalue weighted by molar-refractivity contribution is 5.97. The number of likely N-dealkylation sites (tertiary alicyclic amines) is 1. The van der Waals surface area contributed by atoms with Crippen LogP contribution in [-0.2, 0) is 6.54 Å². The smallest absolute Gasteiger partial charge is 0.170 e. The van der Waals surface area contributed by atoms with Crippen molar-refractivity contribution in [2.24, 2.45) is 10.9 Å². The average molecular weight is 295 g/mol.